The molecule has 0 unspecified atom stereocenters. The molecule has 0 amide bonds. The van der Waals surface area contributed by atoms with Crippen LogP contribution in [0.25, 0.3) is 0 Å². The number of nitrogens with zero attached hydrogens (tertiary/aromatic N) is 4. The molecule has 3 rings (SSSR count). The SMILES string of the molecule is CCNC(=NCCS(=O)(=O)N1CCSCC1)N1CCN(c2ccccc2F)CC1.I. The molecular weight excluding hydrogens is 540 g/mol. The van der Waals surface area contributed by atoms with E-state index in [0.717, 1.165) is 17.5 Å². The van der Waals surface area contributed by atoms with Crippen molar-refractivity contribution in [3.63, 3.8) is 0 Å². The first-order chi connectivity index (χ1) is 14.0. The molecule has 11 heteroatoms. The van der Waals surface area contributed by atoms with Gasteiger partial charge in [0.2, 0.25) is 10.0 Å². The minimum atomic E-state index is -3.26. The van der Waals surface area contributed by atoms with E-state index in [4.69, 9.17) is 0 Å². The Labute approximate surface area is 200 Å². The smallest absolute Gasteiger partial charge is 0.215 e. The first-order valence-corrected chi connectivity index (χ1v) is 12.9. The van der Waals surface area contributed by atoms with Crippen LogP contribution in [-0.2, 0) is 10.0 Å². The van der Waals surface area contributed by atoms with Gasteiger partial charge in [-0.25, -0.2) is 17.1 Å². The molecule has 2 fully saturated rings. The number of benzene rings is 1. The lowest BCUT2D eigenvalue weighted by atomic mass is 10.2. The summed E-state index contributed by atoms with van der Waals surface area (Å²) in [5, 5.41) is 3.26. The van der Waals surface area contributed by atoms with Gasteiger partial charge in [-0.1, -0.05) is 12.1 Å². The van der Waals surface area contributed by atoms with Crippen LogP contribution in [-0.4, -0.2) is 93.2 Å². The first-order valence-electron chi connectivity index (χ1n) is 10.1. The summed E-state index contributed by atoms with van der Waals surface area (Å²) in [6.07, 6.45) is 0. The Morgan fingerprint density at radius 1 is 1.13 bits per heavy atom. The number of para-hydroxylation sites is 1. The second kappa shape index (κ2) is 12.3. The van der Waals surface area contributed by atoms with Crippen molar-refractivity contribution in [2.45, 2.75) is 6.92 Å². The molecule has 1 N–H and O–H groups in total. The molecule has 0 aliphatic carbocycles. The molecule has 0 bridgehead atoms. The van der Waals surface area contributed by atoms with Gasteiger partial charge in [0.25, 0.3) is 0 Å². The number of nitrogens with one attached hydrogen (secondary N) is 1. The number of hydrogen-bond acceptors (Lipinski definition) is 5. The van der Waals surface area contributed by atoms with Crippen molar-refractivity contribution in [3.05, 3.63) is 30.1 Å². The van der Waals surface area contributed by atoms with Gasteiger partial charge in [0, 0.05) is 57.3 Å². The summed E-state index contributed by atoms with van der Waals surface area (Å²) >= 11 is 1.79. The highest BCUT2D eigenvalue weighted by Crippen LogP contribution is 2.20. The lowest BCUT2D eigenvalue weighted by Gasteiger charge is -2.37. The average molecular weight is 572 g/mol. The molecule has 0 spiro atoms. The van der Waals surface area contributed by atoms with Crippen LogP contribution < -0.4 is 10.2 Å². The zero-order valence-electron chi connectivity index (χ0n) is 17.3. The van der Waals surface area contributed by atoms with Crippen LogP contribution in [0.15, 0.2) is 29.3 Å². The van der Waals surface area contributed by atoms with Crippen LogP contribution in [0.1, 0.15) is 6.92 Å². The third kappa shape index (κ3) is 6.86. The molecule has 7 nitrogen and oxygen atoms in total. The van der Waals surface area contributed by atoms with Gasteiger partial charge in [0.05, 0.1) is 18.0 Å². The number of sulfonamides is 1. The molecule has 170 valence electrons. The first kappa shape index (κ1) is 25.5. The van der Waals surface area contributed by atoms with E-state index < -0.39 is 10.0 Å². The minimum Gasteiger partial charge on any atom is -0.366 e. The van der Waals surface area contributed by atoms with E-state index in [0.29, 0.717) is 51.5 Å². The largest absolute Gasteiger partial charge is 0.366 e. The molecule has 2 heterocycles. The Kier molecular flexibility index (Phi) is 10.4. The van der Waals surface area contributed by atoms with Crippen LogP contribution in [0.5, 0.6) is 0 Å². The van der Waals surface area contributed by atoms with E-state index in [1.165, 1.54) is 6.07 Å². The molecule has 30 heavy (non-hydrogen) atoms. The van der Waals surface area contributed by atoms with E-state index >= 15 is 0 Å². The maximum atomic E-state index is 14.0. The fraction of sp³-hybridized carbons (Fsp3) is 0.632. The van der Waals surface area contributed by atoms with Crippen LogP contribution in [0.2, 0.25) is 0 Å². The van der Waals surface area contributed by atoms with Gasteiger partial charge in [-0.2, -0.15) is 11.8 Å². The lowest BCUT2D eigenvalue weighted by Crippen LogP contribution is -2.53. The quantitative estimate of drug-likeness (QED) is 0.320. The van der Waals surface area contributed by atoms with Gasteiger partial charge in [-0.05, 0) is 19.1 Å². The Morgan fingerprint density at radius 3 is 2.43 bits per heavy atom. The van der Waals surface area contributed by atoms with E-state index in [-0.39, 0.29) is 42.1 Å². The fourth-order valence-corrected chi connectivity index (χ4v) is 5.97. The summed E-state index contributed by atoms with van der Waals surface area (Å²) in [6.45, 7) is 6.91. The Morgan fingerprint density at radius 2 is 1.80 bits per heavy atom. The number of halogens is 2. The molecule has 0 radical (unpaired) electrons. The molecule has 2 saturated heterocycles. The molecule has 1 aromatic carbocycles. The number of anilines is 1. The van der Waals surface area contributed by atoms with Gasteiger partial charge in [0.15, 0.2) is 5.96 Å². The highest BCUT2D eigenvalue weighted by molar-refractivity contribution is 14.0. The number of thioether (sulfide) groups is 1. The molecule has 2 aliphatic rings. The summed E-state index contributed by atoms with van der Waals surface area (Å²) < 4.78 is 40.6. The molecule has 2 aliphatic heterocycles. The van der Waals surface area contributed by atoms with E-state index in [2.05, 4.69) is 15.2 Å². The summed E-state index contributed by atoms with van der Waals surface area (Å²) in [7, 11) is -3.26. The molecule has 0 saturated carbocycles. The average Bonchev–Trinajstić information content (AvgIpc) is 2.74. The number of guanidine groups is 1. The summed E-state index contributed by atoms with van der Waals surface area (Å²) in [5.74, 6) is 2.27. The number of rotatable bonds is 6. The zero-order chi connectivity index (χ0) is 20.7. The molecule has 1 aromatic rings. The van der Waals surface area contributed by atoms with Gasteiger partial charge in [-0.15, -0.1) is 24.0 Å². The minimum absolute atomic E-state index is 0. The predicted molar refractivity (Wildman–Crippen MR) is 134 cm³/mol. The molecule has 0 aromatic heterocycles. The molecule has 0 atom stereocenters. The Balaban J connectivity index is 0.00000320. The second-order valence-electron chi connectivity index (χ2n) is 6.99. The third-order valence-corrected chi connectivity index (χ3v) is 7.87. The van der Waals surface area contributed by atoms with Crippen molar-refractivity contribution in [3.8, 4) is 0 Å². The van der Waals surface area contributed by atoms with Gasteiger partial charge >= 0.3 is 0 Å². The number of piperazine rings is 1. The summed E-state index contributed by atoms with van der Waals surface area (Å²) in [4.78, 5) is 8.71. The third-order valence-electron chi connectivity index (χ3n) is 5.08. The summed E-state index contributed by atoms with van der Waals surface area (Å²) in [5.41, 5.74) is 0.625. The maximum absolute atomic E-state index is 14.0. The normalized spacial score (nSPS) is 18.8. The Hall–Kier alpha value is -0.790. The number of aliphatic imine (C=N–C) groups is 1. The predicted octanol–water partition coefficient (Wildman–Crippen LogP) is 1.91. The van der Waals surface area contributed by atoms with E-state index in [1.807, 2.05) is 17.9 Å². The van der Waals surface area contributed by atoms with Crippen molar-refractivity contribution in [2.24, 2.45) is 4.99 Å². The zero-order valence-corrected chi connectivity index (χ0v) is 21.3. The van der Waals surface area contributed by atoms with Gasteiger partial charge < -0.3 is 15.1 Å². The van der Waals surface area contributed by atoms with E-state index in [1.54, 1.807) is 28.2 Å². The van der Waals surface area contributed by atoms with Crippen LogP contribution in [0, 0.1) is 5.82 Å². The monoisotopic (exact) mass is 571 g/mol. The van der Waals surface area contributed by atoms with Crippen LogP contribution in [0.3, 0.4) is 0 Å². The van der Waals surface area contributed by atoms with Crippen molar-refractivity contribution in [1.82, 2.24) is 14.5 Å². The maximum Gasteiger partial charge on any atom is 0.215 e. The highest BCUT2D eigenvalue weighted by atomic mass is 127. The highest BCUT2D eigenvalue weighted by Gasteiger charge is 2.24. The van der Waals surface area contributed by atoms with Crippen molar-refractivity contribution in [1.29, 1.82) is 0 Å². The summed E-state index contributed by atoms with van der Waals surface area (Å²) in [6, 6.07) is 6.82. The molecular formula is C19H31FIN5O2S2. The lowest BCUT2D eigenvalue weighted by molar-refractivity contribution is 0.371. The van der Waals surface area contributed by atoms with Gasteiger partial charge in [-0.3, -0.25) is 4.99 Å². The van der Waals surface area contributed by atoms with Crippen LogP contribution in [0.4, 0.5) is 10.1 Å². The topological polar surface area (TPSA) is 68.2 Å². The number of hydrogen-bond donors (Lipinski definition) is 1. The standard InChI is InChI=1S/C19H30FN5O2S2.HI/c1-2-21-19(22-7-16-29(26,27)25-12-14-28-15-13-25)24-10-8-23(9-11-24)18-6-4-3-5-17(18)20;/h3-6H,2,7-16H2,1H3,(H,21,22);1H. The second-order valence-corrected chi connectivity index (χ2v) is 10.3. The van der Waals surface area contributed by atoms with E-state index in [9.17, 15) is 12.8 Å². The fourth-order valence-electron chi connectivity index (χ4n) is 3.51. The van der Waals surface area contributed by atoms with Crippen molar-refractivity contribution >= 4 is 57.4 Å². The van der Waals surface area contributed by atoms with Crippen LogP contribution >= 0.6 is 35.7 Å². The van der Waals surface area contributed by atoms with Crippen molar-refractivity contribution < 1.29 is 12.8 Å². The van der Waals surface area contributed by atoms with Crippen molar-refractivity contribution in [2.75, 3.05) is 74.5 Å². The van der Waals surface area contributed by atoms with Gasteiger partial charge in [0.1, 0.15) is 5.82 Å². The Bertz CT molecular complexity index is 798.